The summed E-state index contributed by atoms with van der Waals surface area (Å²) in [5, 5.41) is 2.92. The Morgan fingerprint density at radius 2 is 2.06 bits per heavy atom. The van der Waals surface area contributed by atoms with Crippen molar-refractivity contribution in [1.82, 2.24) is 10.2 Å². The predicted octanol–water partition coefficient (Wildman–Crippen LogP) is 4.13. The summed E-state index contributed by atoms with van der Waals surface area (Å²) in [4.78, 5) is 14.1. The Bertz CT molecular complexity index is 1000. The van der Waals surface area contributed by atoms with Crippen LogP contribution in [0.5, 0.6) is 5.75 Å². The first kappa shape index (κ1) is 23.4. The molecule has 0 aliphatic carbocycles. The molecule has 3 rings (SSSR count). The lowest BCUT2D eigenvalue weighted by molar-refractivity contribution is 0.0796. The average molecular weight is 467 g/mol. The number of amides is 2. The number of hydrogen-bond acceptors (Lipinski definition) is 5. The summed E-state index contributed by atoms with van der Waals surface area (Å²) in [6.45, 7) is 5.50. The summed E-state index contributed by atoms with van der Waals surface area (Å²) in [6.07, 6.45) is 1.90. The lowest BCUT2D eigenvalue weighted by Crippen LogP contribution is -2.43. The van der Waals surface area contributed by atoms with Crippen molar-refractivity contribution in [2.24, 2.45) is 0 Å². The van der Waals surface area contributed by atoms with E-state index in [0.717, 1.165) is 18.4 Å². The molecule has 0 spiro atoms. The first-order valence-electron chi connectivity index (χ1n) is 10.2. The first-order valence-corrected chi connectivity index (χ1v) is 12.0. The van der Waals surface area contributed by atoms with Crippen molar-refractivity contribution >= 4 is 27.8 Å². The smallest absolute Gasteiger partial charge is 0.340 e. The zero-order valence-electron chi connectivity index (χ0n) is 17.6. The molecule has 1 aliphatic heterocycles. The number of halogens is 1. The highest BCUT2D eigenvalue weighted by atomic mass is 35.5. The number of rotatable bonds is 8. The molecule has 1 heterocycles. The fourth-order valence-corrected chi connectivity index (χ4v) is 5.25. The van der Waals surface area contributed by atoms with Gasteiger partial charge >= 0.3 is 16.1 Å². The summed E-state index contributed by atoms with van der Waals surface area (Å²) < 4.78 is 36.6. The highest BCUT2D eigenvalue weighted by Gasteiger charge is 2.24. The maximum absolute atomic E-state index is 12.8. The number of benzene rings is 2. The van der Waals surface area contributed by atoms with E-state index in [-0.39, 0.29) is 27.8 Å². The number of ether oxygens (including phenoxy) is 1. The summed E-state index contributed by atoms with van der Waals surface area (Å²) in [5.74, 6) is 0.157. The minimum Gasteiger partial charge on any atom is -0.379 e. The number of carbonyl (C=O) groups excluding carboxylic acids is 1. The second-order valence-electron chi connectivity index (χ2n) is 7.42. The number of carbonyl (C=O) groups is 1. The standard InChI is InChI=1S/C22H27ClN2O5S/c1-3-24-22(26)25(15-19-10-6-12-29-19)14-17-8-5-9-18(13-17)30-31(27,28)21-16(2)7-4-11-20(21)23/h4-5,7-9,11,13,19H,3,6,10,12,14-15H2,1-2H3,(H,24,26)/t19-/m1/s1. The largest absolute Gasteiger partial charge is 0.379 e. The summed E-state index contributed by atoms with van der Waals surface area (Å²) in [6, 6.07) is 11.4. The highest BCUT2D eigenvalue weighted by Crippen LogP contribution is 2.28. The normalized spacial score (nSPS) is 16.2. The minimum absolute atomic E-state index is 0.00520. The van der Waals surface area contributed by atoms with Crippen LogP contribution in [0.4, 0.5) is 4.79 Å². The molecule has 1 aliphatic rings. The van der Waals surface area contributed by atoms with Crippen molar-refractivity contribution in [1.29, 1.82) is 0 Å². The van der Waals surface area contributed by atoms with Crippen molar-refractivity contribution in [2.75, 3.05) is 19.7 Å². The van der Waals surface area contributed by atoms with Gasteiger partial charge in [-0.2, -0.15) is 8.42 Å². The maximum Gasteiger partial charge on any atom is 0.340 e. The van der Waals surface area contributed by atoms with Crippen LogP contribution in [0.15, 0.2) is 47.4 Å². The quantitative estimate of drug-likeness (QED) is 0.591. The molecule has 31 heavy (non-hydrogen) atoms. The van der Waals surface area contributed by atoms with Crippen LogP contribution in [0.1, 0.15) is 30.9 Å². The van der Waals surface area contributed by atoms with Crippen LogP contribution in [-0.4, -0.2) is 45.1 Å². The molecular formula is C22H27ClN2O5S. The molecule has 1 saturated heterocycles. The van der Waals surface area contributed by atoms with Crippen LogP contribution in [0.25, 0.3) is 0 Å². The SMILES string of the molecule is CCNC(=O)N(Cc1cccc(OS(=O)(=O)c2c(C)cccc2Cl)c1)C[C@H]1CCCO1. The van der Waals surface area contributed by atoms with E-state index in [1.165, 1.54) is 6.07 Å². The van der Waals surface area contributed by atoms with Crippen LogP contribution in [0.2, 0.25) is 5.02 Å². The topological polar surface area (TPSA) is 84.9 Å². The van der Waals surface area contributed by atoms with Gasteiger partial charge in [0, 0.05) is 26.2 Å². The van der Waals surface area contributed by atoms with Gasteiger partial charge in [0.2, 0.25) is 0 Å². The number of nitrogens with zero attached hydrogens (tertiary/aromatic N) is 1. The zero-order chi connectivity index (χ0) is 22.4. The second kappa shape index (κ2) is 10.3. The van der Waals surface area contributed by atoms with E-state index in [0.29, 0.717) is 31.8 Å². The Kier molecular flexibility index (Phi) is 7.80. The molecule has 168 valence electrons. The molecule has 1 fully saturated rings. The molecule has 2 aromatic rings. The van der Waals surface area contributed by atoms with Gasteiger partial charge in [0.05, 0.1) is 11.1 Å². The lowest BCUT2D eigenvalue weighted by Gasteiger charge is -2.25. The summed E-state index contributed by atoms with van der Waals surface area (Å²) in [5.41, 5.74) is 1.25. The van der Waals surface area contributed by atoms with Gasteiger partial charge < -0.3 is 19.1 Å². The lowest BCUT2D eigenvalue weighted by atomic mass is 10.2. The monoisotopic (exact) mass is 466 g/mol. The van der Waals surface area contributed by atoms with Crippen molar-refractivity contribution in [3.63, 3.8) is 0 Å². The van der Waals surface area contributed by atoms with Gasteiger partial charge in [-0.1, -0.05) is 35.9 Å². The molecule has 1 atom stereocenters. The molecule has 0 aromatic heterocycles. The van der Waals surface area contributed by atoms with E-state index in [4.69, 9.17) is 20.5 Å². The molecular weight excluding hydrogens is 440 g/mol. The second-order valence-corrected chi connectivity index (χ2v) is 9.31. The van der Waals surface area contributed by atoms with Gasteiger partial charge in [-0.25, -0.2) is 4.79 Å². The van der Waals surface area contributed by atoms with Crippen molar-refractivity contribution in [3.8, 4) is 5.75 Å². The molecule has 2 aromatic carbocycles. The Morgan fingerprint density at radius 3 is 2.74 bits per heavy atom. The van der Waals surface area contributed by atoms with Crippen LogP contribution in [-0.2, 0) is 21.4 Å². The average Bonchev–Trinajstić information content (AvgIpc) is 3.20. The molecule has 0 saturated carbocycles. The van der Waals surface area contributed by atoms with Gasteiger partial charge in [-0.15, -0.1) is 0 Å². The molecule has 9 heteroatoms. The van der Waals surface area contributed by atoms with E-state index in [9.17, 15) is 13.2 Å². The van der Waals surface area contributed by atoms with Crippen LogP contribution in [0.3, 0.4) is 0 Å². The molecule has 0 unspecified atom stereocenters. The van der Waals surface area contributed by atoms with E-state index < -0.39 is 10.1 Å². The van der Waals surface area contributed by atoms with E-state index in [1.807, 2.05) is 13.0 Å². The van der Waals surface area contributed by atoms with Crippen LogP contribution >= 0.6 is 11.6 Å². The van der Waals surface area contributed by atoms with Crippen molar-refractivity contribution in [2.45, 2.75) is 44.2 Å². The van der Waals surface area contributed by atoms with E-state index >= 15 is 0 Å². The Morgan fingerprint density at radius 1 is 1.29 bits per heavy atom. The van der Waals surface area contributed by atoms with Crippen molar-refractivity contribution in [3.05, 3.63) is 58.6 Å². The van der Waals surface area contributed by atoms with Gasteiger partial charge in [-0.05, 0) is 56.0 Å². The van der Waals surface area contributed by atoms with Crippen molar-refractivity contribution < 1.29 is 22.1 Å². The number of nitrogens with one attached hydrogen (secondary N) is 1. The fraction of sp³-hybridized carbons (Fsp3) is 0.409. The molecule has 2 amide bonds. The zero-order valence-corrected chi connectivity index (χ0v) is 19.2. The van der Waals surface area contributed by atoms with Gasteiger partial charge in [0.25, 0.3) is 0 Å². The number of hydrogen-bond donors (Lipinski definition) is 1. The predicted molar refractivity (Wildman–Crippen MR) is 119 cm³/mol. The Balaban J connectivity index is 1.78. The number of aryl methyl sites for hydroxylation is 1. The molecule has 0 bridgehead atoms. The minimum atomic E-state index is -4.11. The Labute approximate surface area is 188 Å². The van der Waals surface area contributed by atoms with E-state index in [2.05, 4.69) is 5.32 Å². The van der Waals surface area contributed by atoms with Gasteiger partial charge in [0.1, 0.15) is 10.6 Å². The third-order valence-electron chi connectivity index (χ3n) is 4.95. The molecule has 0 radical (unpaired) electrons. The van der Waals surface area contributed by atoms with Gasteiger partial charge in [0.15, 0.2) is 0 Å². The Hall–Kier alpha value is -2.29. The third kappa shape index (κ3) is 6.12. The molecule has 7 nitrogen and oxygen atoms in total. The number of urea groups is 1. The maximum atomic E-state index is 12.8. The fourth-order valence-electron chi connectivity index (χ4n) is 3.53. The van der Waals surface area contributed by atoms with Gasteiger partial charge in [-0.3, -0.25) is 0 Å². The summed E-state index contributed by atoms with van der Waals surface area (Å²) >= 11 is 6.10. The third-order valence-corrected chi connectivity index (χ3v) is 6.84. The first-order chi connectivity index (χ1) is 14.8. The molecule has 1 N–H and O–H groups in total. The highest BCUT2D eigenvalue weighted by molar-refractivity contribution is 7.87. The van der Waals surface area contributed by atoms with E-state index in [1.54, 1.807) is 42.2 Å². The van der Waals surface area contributed by atoms with Crippen LogP contribution in [0, 0.1) is 6.92 Å². The summed E-state index contributed by atoms with van der Waals surface area (Å²) in [7, 11) is -4.11. The van der Waals surface area contributed by atoms with Crippen LogP contribution < -0.4 is 9.50 Å².